The highest BCUT2D eigenvalue weighted by Gasteiger charge is 2.39. The maximum atomic E-state index is 12.1. The lowest BCUT2D eigenvalue weighted by molar-refractivity contribution is -0.139. The third-order valence-corrected chi connectivity index (χ3v) is 3.98. The lowest BCUT2D eigenvalue weighted by Crippen LogP contribution is -2.52. The number of hydrogen-bond acceptors (Lipinski definition) is 3. The second-order valence-corrected chi connectivity index (χ2v) is 5.39. The van der Waals surface area contributed by atoms with Crippen molar-refractivity contribution in [3.8, 4) is 0 Å². The van der Waals surface area contributed by atoms with Crippen LogP contribution < -0.4 is 10.9 Å². The normalized spacial score (nSPS) is 16.8. The zero-order valence-electron chi connectivity index (χ0n) is 11.5. The number of carbonyl (C=O) groups excluding carboxylic acids is 2. The van der Waals surface area contributed by atoms with Gasteiger partial charge in [-0.05, 0) is 31.7 Å². The Bertz CT molecular complexity index is 686. The van der Waals surface area contributed by atoms with Crippen LogP contribution in [0.5, 0.6) is 0 Å². The van der Waals surface area contributed by atoms with Crippen LogP contribution in [-0.2, 0) is 4.79 Å². The Morgan fingerprint density at radius 1 is 1.14 bits per heavy atom. The molecule has 0 saturated heterocycles. The molecule has 1 aliphatic rings. The SMILES string of the molecule is O=C(NNC(=O)C1(O)CCCC1)c1c[nH]c2ccccc12. The first-order valence-electron chi connectivity index (χ1n) is 6.99. The molecule has 4 N–H and O–H groups in total. The predicted octanol–water partition coefficient (Wildman–Crippen LogP) is 1.23. The van der Waals surface area contributed by atoms with E-state index in [0.29, 0.717) is 18.4 Å². The van der Waals surface area contributed by atoms with Crippen LogP contribution in [0.15, 0.2) is 30.5 Å². The summed E-state index contributed by atoms with van der Waals surface area (Å²) in [6.45, 7) is 0. The van der Waals surface area contributed by atoms with Crippen LogP contribution in [0.2, 0.25) is 0 Å². The Morgan fingerprint density at radius 2 is 1.86 bits per heavy atom. The lowest BCUT2D eigenvalue weighted by Gasteiger charge is -2.20. The predicted molar refractivity (Wildman–Crippen MR) is 77.3 cm³/mol. The average Bonchev–Trinajstić information content (AvgIpc) is 3.11. The molecule has 1 fully saturated rings. The summed E-state index contributed by atoms with van der Waals surface area (Å²) in [6, 6.07) is 7.41. The summed E-state index contributed by atoms with van der Waals surface area (Å²) in [4.78, 5) is 27.0. The molecular weight excluding hydrogens is 270 g/mol. The van der Waals surface area contributed by atoms with Gasteiger partial charge in [0.2, 0.25) is 0 Å². The minimum Gasteiger partial charge on any atom is -0.380 e. The molecule has 2 amide bonds. The lowest BCUT2D eigenvalue weighted by atomic mass is 10.0. The van der Waals surface area contributed by atoms with Crippen LogP contribution in [0.4, 0.5) is 0 Å². The molecule has 0 atom stereocenters. The van der Waals surface area contributed by atoms with Crippen molar-refractivity contribution < 1.29 is 14.7 Å². The smallest absolute Gasteiger partial charge is 0.271 e. The van der Waals surface area contributed by atoms with Gasteiger partial charge in [0.15, 0.2) is 0 Å². The Labute approximate surface area is 121 Å². The van der Waals surface area contributed by atoms with Crippen LogP contribution >= 0.6 is 0 Å². The highest BCUT2D eigenvalue weighted by Crippen LogP contribution is 2.29. The van der Waals surface area contributed by atoms with Gasteiger partial charge >= 0.3 is 0 Å². The molecule has 1 aromatic carbocycles. The van der Waals surface area contributed by atoms with Crippen molar-refractivity contribution in [3.63, 3.8) is 0 Å². The molecule has 1 saturated carbocycles. The first-order chi connectivity index (χ1) is 10.1. The van der Waals surface area contributed by atoms with Crippen molar-refractivity contribution in [1.82, 2.24) is 15.8 Å². The molecule has 6 heteroatoms. The number of hydrogen-bond donors (Lipinski definition) is 4. The standard InChI is InChI=1S/C15H17N3O3/c19-13(11-9-16-12-6-2-1-5-10(11)12)17-18-14(20)15(21)7-3-4-8-15/h1-2,5-6,9,16,21H,3-4,7-8H2,(H,17,19)(H,18,20). The first kappa shape index (κ1) is 13.6. The van der Waals surface area contributed by atoms with Gasteiger partial charge in [0.05, 0.1) is 5.56 Å². The summed E-state index contributed by atoms with van der Waals surface area (Å²) in [7, 11) is 0. The second-order valence-electron chi connectivity index (χ2n) is 5.39. The fourth-order valence-corrected chi connectivity index (χ4v) is 2.74. The van der Waals surface area contributed by atoms with Crippen molar-refractivity contribution in [3.05, 3.63) is 36.0 Å². The number of nitrogens with one attached hydrogen (secondary N) is 3. The Balaban J connectivity index is 1.68. The van der Waals surface area contributed by atoms with E-state index in [4.69, 9.17) is 0 Å². The second kappa shape index (κ2) is 5.21. The van der Waals surface area contributed by atoms with Crippen molar-refractivity contribution in [2.45, 2.75) is 31.3 Å². The first-order valence-corrected chi connectivity index (χ1v) is 6.99. The monoisotopic (exact) mass is 287 g/mol. The molecule has 0 radical (unpaired) electrons. The fourth-order valence-electron chi connectivity index (χ4n) is 2.74. The molecular formula is C15H17N3O3. The number of aliphatic hydroxyl groups is 1. The van der Waals surface area contributed by atoms with Gasteiger partial charge in [0, 0.05) is 17.1 Å². The number of para-hydroxylation sites is 1. The zero-order chi connectivity index (χ0) is 14.9. The quantitative estimate of drug-likeness (QED) is 0.626. The van der Waals surface area contributed by atoms with E-state index < -0.39 is 17.4 Å². The summed E-state index contributed by atoms with van der Waals surface area (Å²) < 4.78 is 0. The molecule has 0 unspecified atom stereocenters. The van der Waals surface area contributed by atoms with E-state index in [1.54, 1.807) is 6.20 Å². The van der Waals surface area contributed by atoms with Gasteiger partial charge in [0.1, 0.15) is 5.60 Å². The van der Waals surface area contributed by atoms with E-state index in [1.807, 2.05) is 24.3 Å². The maximum absolute atomic E-state index is 12.1. The summed E-state index contributed by atoms with van der Waals surface area (Å²) in [5.41, 5.74) is 4.62. The van der Waals surface area contributed by atoms with E-state index in [-0.39, 0.29) is 0 Å². The molecule has 2 aromatic rings. The van der Waals surface area contributed by atoms with E-state index in [9.17, 15) is 14.7 Å². The number of hydrazine groups is 1. The highest BCUT2D eigenvalue weighted by atomic mass is 16.3. The molecule has 0 aliphatic heterocycles. The molecule has 1 aliphatic carbocycles. The molecule has 6 nitrogen and oxygen atoms in total. The molecule has 0 bridgehead atoms. The summed E-state index contributed by atoms with van der Waals surface area (Å²) >= 11 is 0. The fraction of sp³-hybridized carbons (Fsp3) is 0.333. The molecule has 1 aromatic heterocycles. The maximum Gasteiger partial charge on any atom is 0.271 e. The number of aromatic amines is 1. The molecule has 21 heavy (non-hydrogen) atoms. The van der Waals surface area contributed by atoms with Gasteiger partial charge in [-0.25, -0.2) is 0 Å². The van der Waals surface area contributed by atoms with Gasteiger partial charge < -0.3 is 10.1 Å². The topological polar surface area (TPSA) is 94.2 Å². The summed E-state index contributed by atoms with van der Waals surface area (Å²) in [5, 5.41) is 10.9. The third-order valence-electron chi connectivity index (χ3n) is 3.98. The molecule has 0 spiro atoms. The Kier molecular flexibility index (Phi) is 3.39. The Hall–Kier alpha value is -2.34. The van der Waals surface area contributed by atoms with E-state index in [0.717, 1.165) is 23.7 Å². The average molecular weight is 287 g/mol. The van der Waals surface area contributed by atoms with Crippen molar-refractivity contribution in [1.29, 1.82) is 0 Å². The number of rotatable bonds is 2. The number of amides is 2. The van der Waals surface area contributed by atoms with Gasteiger partial charge in [-0.15, -0.1) is 0 Å². The third kappa shape index (κ3) is 2.50. The minimum atomic E-state index is -1.35. The van der Waals surface area contributed by atoms with Gasteiger partial charge in [0.25, 0.3) is 11.8 Å². The molecule has 1 heterocycles. The number of fused-ring (bicyclic) bond motifs is 1. The van der Waals surface area contributed by atoms with E-state index in [1.165, 1.54) is 0 Å². The number of carbonyl (C=O) groups is 2. The minimum absolute atomic E-state index is 0.414. The van der Waals surface area contributed by atoms with E-state index in [2.05, 4.69) is 15.8 Å². The summed E-state index contributed by atoms with van der Waals surface area (Å²) in [6.07, 6.45) is 4.10. The van der Waals surface area contributed by atoms with Crippen molar-refractivity contribution in [2.24, 2.45) is 0 Å². The van der Waals surface area contributed by atoms with E-state index >= 15 is 0 Å². The van der Waals surface area contributed by atoms with Crippen LogP contribution in [0.25, 0.3) is 10.9 Å². The molecule has 110 valence electrons. The van der Waals surface area contributed by atoms with Crippen molar-refractivity contribution in [2.75, 3.05) is 0 Å². The highest BCUT2D eigenvalue weighted by molar-refractivity contribution is 6.07. The summed E-state index contributed by atoms with van der Waals surface area (Å²) in [5.74, 6) is -0.962. The van der Waals surface area contributed by atoms with Gasteiger partial charge in [-0.3, -0.25) is 20.4 Å². The van der Waals surface area contributed by atoms with Gasteiger partial charge in [-0.2, -0.15) is 0 Å². The van der Waals surface area contributed by atoms with Crippen LogP contribution in [0, 0.1) is 0 Å². The Morgan fingerprint density at radius 3 is 2.62 bits per heavy atom. The van der Waals surface area contributed by atoms with Crippen LogP contribution in [0.1, 0.15) is 36.0 Å². The molecule has 3 rings (SSSR count). The number of benzene rings is 1. The zero-order valence-corrected chi connectivity index (χ0v) is 11.5. The number of H-pyrrole nitrogens is 1. The van der Waals surface area contributed by atoms with Crippen LogP contribution in [-0.4, -0.2) is 27.5 Å². The van der Waals surface area contributed by atoms with Crippen molar-refractivity contribution >= 4 is 22.7 Å². The number of aromatic nitrogens is 1. The van der Waals surface area contributed by atoms with Gasteiger partial charge in [-0.1, -0.05) is 18.2 Å². The largest absolute Gasteiger partial charge is 0.380 e. The van der Waals surface area contributed by atoms with Crippen LogP contribution in [0.3, 0.4) is 0 Å².